The Hall–Kier alpha value is -0.350. The molecule has 21 heavy (non-hydrogen) atoms. The molecule has 1 N–H and O–H groups in total. The summed E-state index contributed by atoms with van der Waals surface area (Å²) in [4.78, 5) is 2.37. The Morgan fingerprint density at radius 1 is 1.33 bits per heavy atom. The number of hydrogen-bond donors (Lipinski definition) is 1. The highest BCUT2D eigenvalue weighted by molar-refractivity contribution is 6.32. The van der Waals surface area contributed by atoms with Gasteiger partial charge in [0.15, 0.2) is 0 Å². The van der Waals surface area contributed by atoms with E-state index in [-0.39, 0.29) is 24.3 Å². The molecule has 0 amide bonds. The minimum atomic E-state index is -0.166. The lowest BCUT2D eigenvalue weighted by molar-refractivity contribution is 0.160. The van der Waals surface area contributed by atoms with Crippen molar-refractivity contribution in [2.45, 2.75) is 39.2 Å². The molecule has 5 heteroatoms. The molecule has 2 nitrogen and oxygen atoms in total. The van der Waals surface area contributed by atoms with Gasteiger partial charge in [0.05, 0.1) is 5.02 Å². The van der Waals surface area contributed by atoms with Crippen LogP contribution in [0.25, 0.3) is 0 Å². The molecule has 1 fully saturated rings. The zero-order valence-corrected chi connectivity index (χ0v) is 14.4. The summed E-state index contributed by atoms with van der Waals surface area (Å²) in [7, 11) is 0. The van der Waals surface area contributed by atoms with Gasteiger partial charge in [-0.1, -0.05) is 37.4 Å². The smallest absolute Gasteiger partial charge is 0.129 e. The van der Waals surface area contributed by atoms with Gasteiger partial charge in [0.1, 0.15) is 5.82 Å². The van der Waals surface area contributed by atoms with Gasteiger partial charge in [0.25, 0.3) is 0 Å². The molecule has 0 aliphatic carbocycles. The van der Waals surface area contributed by atoms with E-state index in [2.05, 4.69) is 17.1 Å². The highest BCUT2D eigenvalue weighted by Crippen LogP contribution is 2.35. The lowest BCUT2D eigenvalue weighted by Crippen LogP contribution is -2.45. The average molecular weight is 335 g/mol. The van der Waals surface area contributed by atoms with E-state index in [0.717, 1.165) is 51.0 Å². The summed E-state index contributed by atoms with van der Waals surface area (Å²) in [6.07, 6.45) is 3.18. The van der Waals surface area contributed by atoms with Gasteiger partial charge in [-0.3, -0.25) is 4.90 Å². The van der Waals surface area contributed by atoms with Gasteiger partial charge in [-0.2, -0.15) is 0 Å². The quantitative estimate of drug-likeness (QED) is 0.861. The number of benzene rings is 1. The monoisotopic (exact) mass is 334 g/mol. The maximum Gasteiger partial charge on any atom is 0.129 e. The number of nitrogens with zero attached hydrogens (tertiary/aromatic N) is 1. The first-order chi connectivity index (χ1) is 9.65. The fraction of sp³-hybridized carbons (Fsp3) is 0.625. The molecule has 1 atom stereocenters. The third-order valence-electron chi connectivity index (χ3n) is 4.08. The Bertz CT molecular complexity index is 448. The lowest BCUT2D eigenvalue weighted by Gasteiger charge is -2.36. The second-order valence-electron chi connectivity index (χ2n) is 5.54. The number of unbranched alkanes of at least 4 members (excludes halogenated alkanes) is 1. The van der Waals surface area contributed by atoms with Crippen LogP contribution in [0.3, 0.4) is 0 Å². The van der Waals surface area contributed by atoms with Gasteiger partial charge in [-0.25, -0.2) is 4.39 Å². The molecule has 1 aliphatic rings. The zero-order chi connectivity index (χ0) is 14.5. The zero-order valence-electron chi connectivity index (χ0n) is 12.8. The van der Waals surface area contributed by atoms with Crippen LogP contribution in [-0.2, 0) is 0 Å². The molecule has 0 unspecified atom stereocenters. The Morgan fingerprint density at radius 2 is 2.00 bits per heavy atom. The van der Waals surface area contributed by atoms with Gasteiger partial charge >= 0.3 is 0 Å². The molecular formula is C16H25Cl2FN2. The summed E-state index contributed by atoms with van der Waals surface area (Å²) in [5, 5.41) is 3.95. The molecule has 1 heterocycles. The maximum atomic E-state index is 14.3. The molecule has 1 aliphatic heterocycles. The van der Waals surface area contributed by atoms with Crippen LogP contribution >= 0.6 is 24.0 Å². The fourth-order valence-corrected chi connectivity index (χ4v) is 3.16. The lowest BCUT2D eigenvalue weighted by atomic mass is 9.96. The first kappa shape index (κ1) is 18.7. The van der Waals surface area contributed by atoms with Crippen LogP contribution in [0.15, 0.2) is 12.1 Å². The van der Waals surface area contributed by atoms with Crippen LogP contribution in [0.4, 0.5) is 4.39 Å². The van der Waals surface area contributed by atoms with Crippen molar-refractivity contribution >= 4 is 24.0 Å². The van der Waals surface area contributed by atoms with Crippen molar-refractivity contribution in [1.82, 2.24) is 10.2 Å². The van der Waals surface area contributed by atoms with Crippen LogP contribution in [0.1, 0.15) is 43.4 Å². The third kappa shape index (κ3) is 4.56. The fourth-order valence-electron chi connectivity index (χ4n) is 2.88. The number of rotatable bonds is 5. The summed E-state index contributed by atoms with van der Waals surface area (Å²) < 4.78 is 14.3. The highest BCUT2D eigenvalue weighted by atomic mass is 35.5. The molecule has 120 valence electrons. The van der Waals surface area contributed by atoms with Gasteiger partial charge in [0, 0.05) is 37.8 Å². The number of hydrogen-bond acceptors (Lipinski definition) is 2. The molecule has 0 spiro atoms. The summed E-state index contributed by atoms with van der Waals surface area (Å²) in [6, 6.07) is 3.41. The van der Waals surface area contributed by atoms with Crippen LogP contribution < -0.4 is 5.32 Å². The first-order valence-corrected chi connectivity index (χ1v) is 7.92. The number of aryl methyl sites for hydroxylation is 1. The molecule has 1 aromatic carbocycles. The Morgan fingerprint density at radius 3 is 2.62 bits per heavy atom. The Kier molecular flexibility index (Phi) is 7.96. The second kappa shape index (κ2) is 8.94. The van der Waals surface area contributed by atoms with Crippen molar-refractivity contribution in [3.8, 4) is 0 Å². The molecule has 1 saturated heterocycles. The van der Waals surface area contributed by atoms with Crippen LogP contribution in [-0.4, -0.2) is 31.1 Å². The van der Waals surface area contributed by atoms with E-state index >= 15 is 0 Å². The Balaban J connectivity index is 0.00000220. The summed E-state index contributed by atoms with van der Waals surface area (Å²) in [5.74, 6) is -0.166. The van der Waals surface area contributed by atoms with E-state index in [1.807, 2.05) is 6.92 Å². The van der Waals surface area contributed by atoms with Crippen molar-refractivity contribution in [1.29, 1.82) is 0 Å². The number of halogens is 3. The molecule has 0 bridgehead atoms. The van der Waals surface area contributed by atoms with Crippen LogP contribution in [0, 0.1) is 12.7 Å². The van der Waals surface area contributed by atoms with E-state index in [9.17, 15) is 4.39 Å². The van der Waals surface area contributed by atoms with Crippen molar-refractivity contribution in [3.05, 3.63) is 34.1 Å². The number of piperazine rings is 1. The van der Waals surface area contributed by atoms with Gasteiger partial charge in [0.2, 0.25) is 0 Å². The summed E-state index contributed by atoms with van der Waals surface area (Å²) >= 11 is 6.41. The van der Waals surface area contributed by atoms with Gasteiger partial charge in [-0.05, 0) is 25.0 Å². The molecule has 0 saturated carbocycles. The van der Waals surface area contributed by atoms with Crippen LogP contribution in [0.5, 0.6) is 0 Å². The SMILES string of the molecule is CCCC[C@@H](c1c(F)ccc(C)c1Cl)N1CCNCC1.Cl. The summed E-state index contributed by atoms with van der Waals surface area (Å²) in [6.45, 7) is 7.96. The normalized spacial score (nSPS) is 17.3. The summed E-state index contributed by atoms with van der Waals surface area (Å²) in [5.41, 5.74) is 1.65. The standard InChI is InChI=1S/C16H24ClFN2.ClH/c1-3-4-5-14(20-10-8-19-9-11-20)15-13(18)7-6-12(2)16(15)17;/h6-7,14,19H,3-5,8-11H2,1-2H3;1H/t14-;/m0./s1. The Labute approximate surface area is 138 Å². The van der Waals surface area contributed by atoms with Crippen molar-refractivity contribution < 1.29 is 4.39 Å². The molecule has 0 aromatic heterocycles. The molecule has 0 radical (unpaired) electrons. The van der Waals surface area contributed by atoms with Crippen molar-refractivity contribution in [2.75, 3.05) is 26.2 Å². The van der Waals surface area contributed by atoms with E-state index < -0.39 is 0 Å². The first-order valence-electron chi connectivity index (χ1n) is 7.54. The van der Waals surface area contributed by atoms with Gasteiger partial charge < -0.3 is 5.32 Å². The average Bonchev–Trinajstić information content (AvgIpc) is 2.47. The third-order valence-corrected chi connectivity index (χ3v) is 4.58. The predicted molar refractivity (Wildman–Crippen MR) is 90.1 cm³/mol. The largest absolute Gasteiger partial charge is 0.314 e. The second-order valence-corrected chi connectivity index (χ2v) is 5.91. The van der Waals surface area contributed by atoms with Gasteiger partial charge in [-0.15, -0.1) is 12.4 Å². The van der Waals surface area contributed by atoms with E-state index in [1.54, 1.807) is 12.1 Å². The number of nitrogens with one attached hydrogen (secondary N) is 1. The predicted octanol–water partition coefficient (Wildman–Crippen LogP) is 4.35. The van der Waals surface area contributed by atoms with Crippen molar-refractivity contribution in [3.63, 3.8) is 0 Å². The minimum Gasteiger partial charge on any atom is -0.314 e. The van der Waals surface area contributed by atoms with E-state index in [1.165, 1.54) is 0 Å². The molecule has 2 rings (SSSR count). The molecular weight excluding hydrogens is 310 g/mol. The maximum absolute atomic E-state index is 14.3. The minimum absolute atomic E-state index is 0. The van der Waals surface area contributed by atoms with Crippen molar-refractivity contribution in [2.24, 2.45) is 0 Å². The van der Waals surface area contributed by atoms with E-state index in [4.69, 9.17) is 11.6 Å². The molecule has 1 aromatic rings. The van der Waals surface area contributed by atoms with Crippen LogP contribution in [0.2, 0.25) is 5.02 Å². The topological polar surface area (TPSA) is 15.3 Å². The highest BCUT2D eigenvalue weighted by Gasteiger charge is 2.26. The van der Waals surface area contributed by atoms with E-state index in [0.29, 0.717) is 10.6 Å².